The Morgan fingerprint density at radius 3 is 2.65 bits per heavy atom. The van der Waals surface area contributed by atoms with Crippen molar-refractivity contribution < 1.29 is 13.2 Å². The van der Waals surface area contributed by atoms with E-state index in [1.807, 2.05) is 5.38 Å². The highest BCUT2D eigenvalue weighted by Crippen LogP contribution is 2.35. The number of rotatable bonds is 4. The number of aromatic nitrogens is 1. The molecule has 7 heteroatoms. The van der Waals surface area contributed by atoms with Crippen LogP contribution in [0.1, 0.15) is 16.8 Å². The molecule has 0 N–H and O–H groups in total. The lowest BCUT2D eigenvalue weighted by Crippen LogP contribution is -2.18. The number of alkyl halides is 4. The minimum atomic E-state index is -4.35. The highest BCUT2D eigenvalue weighted by atomic mass is 79.9. The summed E-state index contributed by atoms with van der Waals surface area (Å²) in [5.74, 6) is 0. The molecule has 0 amide bonds. The highest BCUT2D eigenvalue weighted by molar-refractivity contribution is 9.08. The maximum atomic E-state index is 13.0. The maximum Gasteiger partial charge on any atom is 0.416 e. The second-order valence-electron chi connectivity index (χ2n) is 4.31. The second-order valence-corrected chi connectivity index (χ2v) is 5.59. The summed E-state index contributed by atoms with van der Waals surface area (Å²) in [5, 5.41) is 2.06. The Kier molecular flexibility index (Phi) is 4.70. The first-order valence-electron chi connectivity index (χ1n) is 5.76. The fourth-order valence-electron chi connectivity index (χ4n) is 1.83. The molecular weight excluding hydrogens is 353 g/mol. The van der Waals surface area contributed by atoms with Crippen molar-refractivity contribution in [3.63, 3.8) is 0 Å². The number of hydrogen-bond donors (Lipinski definition) is 0. The molecule has 2 rings (SSSR count). The molecule has 0 saturated heterocycles. The van der Waals surface area contributed by atoms with Crippen molar-refractivity contribution in [3.8, 4) is 0 Å². The quantitative estimate of drug-likeness (QED) is 0.731. The third-order valence-corrected chi connectivity index (χ3v) is 4.11. The minimum absolute atomic E-state index is 0.178. The first-order valence-corrected chi connectivity index (χ1v) is 7.82. The molecule has 1 heterocycles. The Balaban J connectivity index is 2.28. The van der Waals surface area contributed by atoms with Gasteiger partial charge in [0.25, 0.3) is 0 Å². The van der Waals surface area contributed by atoms with Crippen molar-refractivity contribution in [1.82, 2.24) is 4.98 Å². The van der Waals surface area contributed by atoms with Gasteiger partial charge in [0.15, 0.2) is 0 Å². The van der Waals surface area contributed by atoms with E-state index in [4.69, 9.17) is 0 Å². The smallest absolute Gasteiger partial charge is 0.369 e. The lowest BCUT2D eigenvalue weighted by Gasteiger charge is -2.21. The van der Waals surface area contributed by atoms with E-state index in [1.54, 1.807) is 23.5 Å². The molecule has 2 aromatic rings. The Hall–Kier alpha value is -1.08. The van der Waals surface area contributed by atoms with Crippen molar-refractivity contribution in [3.05, 3.63) is 45.9 Å². The number of thiazole rings is 1. The molecule has 0 radical (unpaired) electrons. The van der Waals surface area contributed by atoms with Crippen molar-refractivity contribution in [2.45, 2.75) is 18.1 Å². The fourth-order valence-corrected chi connectivity index (χ4v) is 2.87. The predicted octanol–water partition coefficient (Wildman–Crippen LogP) is 4.69. The average molecular weight is 365 g/mol. The number of benzene rings is 1. The van der Waals surface area contributed by atoms with Gasteiger partial charge in [0.05, 0.1) is 23.3 Å². The van der Waals surface area contributed by atoms with Gasteiger partial charge in [-0.2, -0.15) is 13.2 Å². The zero-order chi connectivity index (χ0) is 14.8. The Morgan fingerprint density at radius 1 is 1.35 bits per heavy atom. The number of nitrogens with zero attached hydrogens (tertiary/aromatic N) is 2. The van der Waals surface area contributed by atoms with E-state index in [0.29, 0.717) is 12.2 Å². The van der Waals surface area contributed by atoms with Gasteiger partial charge in [0.2, 0.25) is 0 Å². The van der Waals surface area contributed by atoms with Crippen LogP contribution < -0.4 is 4.90 Å². The van der Waals surface area contributed by atoms with E-state index in [-0.39, 0.29) is 10.9 Å². The zero-order valence-electron chi connectivity index (χ0n) is 10.6. The summed E-state index contributed by atoms with van der Waals surface area (Å²) in [7, 11) is 1.75. The Morgan fingerprint density at radius 2 is 2.10 bits per heavy atom. The third kappa shape index (κ3) is 3.52. The van der Waals surface area contributed by atoms with Crippen LogP contribution in [0.3, 0.4) is 0 Å². The summed E-state index contributed by atoms with van der Waals surface area (Å²) in [6.07, 6.45) is -4.35. The molecule has 0 aliphatic rings. The molecule has 0 aliphatic heterocycles. The monoisotopic (exact) mass is 364 g/mol. The molecule has 0 fully saturated rings. The summed E-state index contributed by atoms with van der Waals surface area (Å²) in [6.45, 7) is 0.481. The van der Waals surface area contributed by atoms with E-state index in [2.05, 4.69) is 20.9 Å². The summed E-state index contributed by atoms with van der Waals surface area (Å²) in [4.78, 5) is 5.89. The van der Waals surface area contributed by atoms with Gasteiger partial charge in [-0.1, -0.05) is 22.0 Å². The van der Waals surface area contributed by atoms with Crippen LogP contribution in [0, 0.1) is 0 Å². The Labute approximate surface area is 127 Å². The van der Waals surface area contributed by atoms with Crippen LogP contribution in [0.5, 0.6) is 0 Å². The molecule has 20 heavy (non-hydrogen) atoms. The molecule has 2 nitrogen and oxygen atoms in total. The van der Waals surface area contributed by atoms with E-state index in [1.165, 1.54) is 23.5 Å². The van der Waals surface area contributed by atoms with Crippen molar-refractivity contribution >= 4 is 33.0 Å². The zero-order valence-corrected chi connectivity index (χ0v) is 13.0. The van der Waals surface area contributed by atoms with Crippen molar-refractivity contribution in [2.75, 3.05) is 11.9 Å². The van der Waals surface area contributed by atoms with Gasteiger partial charge >= 0.3 is 6.18 Å². The molecular formula is C13H12BrF3N2S. The van der Waals surface area contributed by atoms with E-state index in [0.717, 1.165) is 5.69 Å². The maximum absolute atomic E-state index is 13.0. The topological polar surface area (TPSA) is 16.1 Å². The van der Waals surface area contributed by atoms with Crippen LogP contribution in [-0.4, -0.2) is 12.0 Å². The van der Waals surface area contributed by atoms with Crippen LogP contribution in [0.4, 0.5) is 18.9 Å². The SMILES string of the molecule is CN(Cc1cscn1)c1ccc(CBr)c(C(F)(F)F)c1. The minimum Gasteiger partial charge on any atom is -0.369 e. The highest BCUT2D eigenvalue weighted by Gasteiger charge is 2.33. The Bertz CT molecular complexity index is 569. The first kappa shape index (κ1) is 15.3. The lowest BCUT2D eigenvalue weighted by molar-refractivity contribution is -0.138. The largest absolute Gasteiger partial charge is 0.416 e. The lowest BCUT2D eigenvalue weighted by atomic mass is 10.1. The van der Waals surface area contributed by atoms with Gasteiger partial charge in [-0.25, -0.2) is 4.98 Å². The first-order chi connectivity index (χ1) is 9.41. The molecule has 0 bridgehead atoms. The van der Waals surface area contributed by atoms with Crippen LogP contribution in [0.25, 0.3) is 0 Å². The summed E-state index contributed by atoms with van der Waals surface area (Å²) < 4.78 is 39.0. The van der Waals surface area contributed by atoms with Crippen LogP contribution in [-0.2, 0) is 18.1 Å². The van der Waals surface area contributed by atoms with Gasteiger partial charge in [-0.05, 0) is 17.7 Å². The molecule has 1 aromatic heterocycles. The van der Waals surface area contributed by atoms with Gasteiger partial charge in [-0.15, -0.1) is 11.3 Å². The van der Waals surface area contributed by atoms with Gasteiger partial charge in [0.1, 0.15) is 0 Å². The average Bonchev–Trinajstić information content (AvgIpc) is 2.89. The summed E-state index contributed by atoms with van der Waals surface area (Å²) >= 11 is 4.56. The van der Waals surface area contributed by atoms with Crippen LogP contribution in [0.2, 0.25) is 0 Å². The molecule has 0 spiro atoms. The van der Waals surface area contributed by atoms with E-state index < -0.39 is 11.7 Å². The molecule has 0 saturated carbocycles. The second kappa shape index (κ2) is 6.13. The van der Waals surface area contributed by atoms with Crippen LogP contribution in [0.15, 0.2) is 29.1 Å². The molecule has 0 unspecified atom stereocenters. The van der Waals surface area contributed by atoms with E-state index >= 15 is 0 Å². The molecule has 1 aromatic carbocycles. The third-order valence-electron chi connectivity index (χ3n) is 2.87. The fraction of sp³-hybridized carbons (Fsp3) is 0.308. The summed E-state index contributed by atoms with van der Waals surface area (Å²) in [5.41, 5.74) is 2.71. The van der Waals surface area contributed by atoms with E-state index in [9.17, 15) is 13.2 Å². The molecule has 0 atom stereocenters. The van der Waals surface area contributed by atoms with Gasteiger partial charge in [0, 0.05) is 23.4 Å². The summed E-state index contributed by atoms with van der Waals surface area (Å²) in [6, 6.07) is 4.38. The van der Waals surface area contributed by atoms with Crippen LogP contribution >= 0.6 is 27.3 Å². The normalized spacial score (nSPS) is 11.7. The molecule has 0 aliphatic carbocycles. The van der Waals surface area contributed by atoms with Crippen molar-refractivity contribution in [1.29, 1.82) is 0 Å². The standard InChI is InChI=1S/C13H12BrF3N2S/c1-19(6-10-7-20-8-18-10)11-3-2-9(5-14)12(4-11)13(15,16)17/h2-4,7-8H,5-6H2,1H3. The predicted molar refractivity (Wildman–Crippen MR) is 78.3 cm³/mol. The number of hydrogen-bond acceptors (Lipinski definition) is 3. The van der Waals surface area contributed by atoms with Crippen molar-refractivity contribution in [2.24, 2.45) is 0 Å². The number of anilines is 1. The van der Waals surface area contributed by atoms with Gasteiger partial charge < -0.3 is 4.90 Å². The molecule has 108 valence electrons. The van der Waals surface area contributed by atoms with Gasteiger partial charge in [-0.3, -0.25) is 0 Å². The number of halogens is 4.